The summed E-state index contributed by atoms with van der Waals surface area (Å²) in [5.41, 5.74) is 2.57. The molecule has 12 nitrogen and oxygen atoms in total. The van der Waals surface area contributed by atoms with Gasteiger partial charge in [0.2, 0.25) is 5.91 Å². The number of anilines is 3. The molecule has 3 aromatic heterocycles. The summed E-state index contributed by atoms with van der Waals surface area (Å²) in [5, 5.41) is 8.42. The maximum atomic E-state index is 12.9. The van der Waals surface area contributed by atoms with Gasteiger partial charge in [0.15, 0.2) is 0 Å². The van der Waals surface area contributed by atoms with Gasteiger partial charge in [-0.05, 0) is 45.3 Å². The van der Waals surface area contributed by atoms with Gasteiger partial charge in [0, 0.05) is 60.2 Å². The van der Waals surface area contributed by atoms with Crippen LogP contribution < -0.4 is 16.0 Å². The van der Waals surface area contributed by atoms with E-state index in [-0.39, 0.29) is 23.6 Å². The van der Waals surface area contributed by atoms with Crippen LogP contribution in [0.5, 0.6) is 0 Å². The molecule has 38 heavy (non-hydrogen) atoms. The molecular weight excluding hydrogens is 488 g/mol. The second-order valence-electron chi connectivity index (χ2n) is 9.74. The molecule has 0 spiro atoms. The lowest BCUT2D eigenvalue weighted by Crippen LogP contribution is -2.23. The molecule has 4 amide bonds. The van der Waals surface area contributed by atoms with Gasteiger partial charge in [-0.15, -0.1) is 0 Å². The lowest BCUT2D eigenvalue weighted by molar-refractivity contribution is -0.116. The van der Waals surface area contributed by atoms with Crippen LogP contribution in [0.3, 0.4) is 0 Å². The molecule has 0 fully saturated rings. The standard InChI is InChI=1S/C26H36N8O4/c1-30(2)10-8-9-23(35)27-17-11-20(32(5)14-17)24(36)28-18-12-21(33(6)15-18)25(37)29-19-13-22(34(7)16-19)26(38)31(3)4/h11-16H,8-10H2,1-7H3,(H,27,35)(H,28,36)(H,29,37). The van der Waals surface area contributed by atoms with Gasteiger partial charge in [0.1, 0.15) is 17.1 Å². The minimum Gasteiger partial charge on any atom is -0.344 e. The molecule has 0 atom stereocenters. The van der Waals surface area contributed by atoms with Gasteiger partial charge in [0.25, 0.3) is 17.7 Å². The van der Waals surface area contributed by atoms with E-state index in [1.165, 1.54) is 4.90 Å². The van der Waals surface area contributed by atoms with Crippen LogP contribution in [0.15, 0.2) is 36.8 Å². The first kappa shape index (κ1) is 28.3. The molecule has 3 N–H and O–H groups in total. The summed E-state index contributed by atoms with van der Waals surface area (Å²) < 4.78 is 4.88. The summed E-state index contributed by atoms with van der Waals surface area (Å²) in [7, 11) is 12.4. The quantitative estimate of drug-likeness (QED) is 0.375. The van der Waals surface area contributed by atoms with E-state index in [4.69, 9.17) is 0 Å². The van der Waals surface area contributed by atoms with E-state index in [2.05, 4.69) is 16.0 Å². The number of carbonyl (C=O) groups excluding carboxylic acids is 4. The van der Waals surface area contributed by atoms with Gasteiger partial charge in [0.05, 0.1) is 17.1 Å². The molecule has 0 unspecified atom stereocenters. The van der Waals surface area contributed by atoms with Crippen molar-refractivity contribution >= 4 is 40.7 Å². The summed E-state index contributed by atoms with van der Waals surface area (Å²) >= 11 is 0. The minimum atomic E-state index is -0.388. The smallest absolute Gasteiger partial charge is 0.272 e. The van der Waals surface area contributed by atoms with E-state index in [9.17, 15) is 19.2 Å². The third-order valence-corrected chi connectivity index (χ3v) is 5.91. The Morgan fingerprint density at radius 1 is 0.684 bits per heavy atom. The van der Waals surface area contributed by atoms with Crippen molar-refractivity contribution in [2.24, 2.45) is 21.1 Å². The lowest BCUT2D eigenvalue weighted by Gasteiger charge is -2.09. The van der Waals surface area contributed by atoms with Crippen LogP contribution in [0.2, 0.25) is 0 Å². The van der Waals surface area contributed by atoms with Gasteiger partial charge in [-0.2, -0.15) is 0 Å². The molecule has 0 aliphatic carbocycles. The number of rotatable bonds is 10. The summed E-state index contributed by atoms with van der Waals surface area (Å²) in [6, 6.07) is 4.79. The van der Waals surface area contributed by atoms with E-state index >= 15 is 0 Å². The molecule has 3 heterocycles. The summed E-state index contributed by atoms with van der Waals surface area (Å²) in [4.78, 5) is 53.8. The fourth-order valence-corrected chi connectivity index (χ4v) is 3.96. The number of nitrogens with one attached hydrogen (secondary N) is 3. The molecule has 0 aliphatic heterocycles. The summed E-state index contributed by atoms with van der Waals surface area (Å²) in [5.74, 6) is -1.06. The normalized spacial score (nSPS) is 10.9. The highest BCUT2D eigenvalue weighted by Crippen LogP contribution is 2.20. The molecule has 0 radical (unpaired) electrons. The third kappa shape index (κ3) is 6.91. The largest absolute Gasteiger partial charge is 0.344 e. The van der Waals surface area contributed by atoms with Crippen LogP contribution in [-0.4, -0.2) is 81.9 Å². The highest BCUT2D eigenvalue weighted by Gasteiger charge is 2.19. The highest BCUT2D eigenvalue weighted by molar-refractivity contribution is 6.07. The topological polar surface area (TPSA) is 126 Å². The van der Waals surface area contributed by atoms with Crippen LogP contribution >= 0.6 is 0 Å². The Kier molecular flexibility index (Phi) is 8.79. The number of carbonyl (C=O) groups is 4. The third-order valence-electron chi connectivity index (χ3n) is 5.91. The Bertz CT molecular complexity index is 1350. The lowest BCUT2D eigenvalue weighted by atomic mass is 10.3. The summed E-state index contributed by atoms with van der Waals surface area (Å²) in [6.07, 6.45) is 6.10. The van der Waals surface area contributed by atoms with Crippen molar-refractivity contribution in [3.63, 3.8) is 0 Å². The number of nitrogens with zero attached hydrogens (tertiary/aromatic N) is 5. The maximum absolute atomic E-state index is 12.9. The van der Waals surface area contributed by atoms with Crippen LogP contribution in [0, 0.1) is 0 Å². The molecule has 0 saturated heterocycles. The molecule has 3 rings (SSSR count). The monoisotopic (exact) mass is 524 g/mol. The first-order valence-electron chi connectivity index (χ1n) is 12.1. The van der Waals surface area contributed by atoms with Gasteiger partial charge in [-0.3, -0.25) is 19.2 Å². The van der Waals surface area contributed by atoms with E-state index in [0.717, 1.165) is 13.0 Å². The zero-order valence-electron chi connectivity index (χ0n) is 23.0. The molecule has 0 saturated carbocycles. The Balaban J connectivity index is 1.64. The van der Waals surface area contributed by atoms with Crippen molar-refractivity contribution < 1.29 is 19.2 Å². The van der Waals surface area contributed by atoms with Crippen molar-refractivity contribution in [2.45, 2.75) is 12.8 Å². The second-order valence-corrected chi connectivity index (χ2v) is 9.74. The van der Waals surface area contributed by atoms with Crippen LogP contribution in [0.1, 0.15) is 44.3 Å². The van der Waals surface area contributed by atoms with E-state index in [0.29, 0.717) is 40.6 Å². The predicted molar refractivity (Wildman–Crippen MR) is 147 cm³/mol. The van der Waals surface area contributed by atoms with Crippen molar-refractivity contribution in [2.75, 3.05) is 50.7 Å². The Hall–Kier alpha value is -4.32. The highest BCUT2D eigenvalue weighted by atomic mass is 16.2. The molecule has 3 aromatic rings. The van der Waals surface area contributed by atoms with Crippen LogP contribution in [0.25, 0.3) is 0 Å². The number of aryl methyl sites for hydroxylation is 3. The van der Waals surface area contributed by atoms with Gasteiger partial charge < -0.3 is 39.5 Å². The zero-order chi connectivity index (χ0) is 28.1. The maximum Gasteiger partial charge on any atom is 0.272 e. The van der Waals surface area contributed by atoms with Gasteiger partial charge in [-0.1, -0.05) is 0 Å². The van der Waals surface area contributed by atoms with Gasteiger partial charge in [-0.25, -0.2) is 0 Å². The van der Waals surface area contributed by atoms with E-state index in [1.54, 1.807) is 85.7 Å². The second kappa shape index (κ2) is 11.8. The average molecular weight is 525 g/mol. The van der Waals surface area contributed by atoms with Crippen molar-refractivity contribution in [3.05, 3.63) is 53.9 Å². The van der Waals surface area contributed by atoms with E-state index in [1.807, 2.05) is 19.0 Å². The number of aromatic nitrogens is 3. The Morgan fingerprint density at radius 3 is 1.55 bits per heavy atom. The number of hydrogen-bond acceptors (Lipinski definition) is 5. The van der Waals surface area contributed by atoms with Crippen molar-refractivity contribution in [1.82, 2.24) is 23.5 Å². The average Bonchev–Trinajstić information content (AvgIpc) is 3.48. The van der Waals surface area contributed by atoms with Gasteiger partial charge >= 0.3 is 0 Å². The molecular formula is C26H36N8O4. The minimum absolute atomic E-state index is 0.111. The fourth-order valence-electron chi connectivity index (χ4n) is 3.96. The SMILES string of the molecule is CN(C)CCCC(=O)Nc1cc(C(=O)Nc2cc(C(=O)Nc3cc(C(=O)N(C)C)n(C)c3)n(C)c2)n(C)c1. The van der Waals surface area contributed by atoms with Crippen molar-refractivity contribution in [3.8, 4) is 0 Å². The van der Waals surface area contributed by atoms with E-state index < -0.39 is 0 Å². The van der Waals surface area contributed by atoms with Crippen LogP contribution in [0.4, 0.5) is 17.1 Å². The Labute approximate surface area is 222 Å². The zero-order valence-corrected chi connectivity index (χ0v) is 23.0. The predicted octanol–water partition coefficient (Wildman–Crippen LogP) is 2.19. The number of hydrogen-bond donors (Lipinski definition) is 3. The summed E-state index contributed by atoms with van der Waals surface area (Å²) in [6.45, 7) is 0.815. The molecule has 12 heteroatoms. The fraction of sp³-hybridized carbons (Fsp3) is 0.385. The molecule has 0 aliphatic rings. The molecule has 204 valence electrons. The number of amides is 4. The first-order valence-corrected chi connectivity index (χ1v) is 12.1. The Morgan fingerprint density at radius 2 is 1.11 bits per heavy atom. The first-order chi connectivity index (χ1) is 17.8. The van der Waals surface area contributed by atoms with Crippen LogP contribution in [-0.2, 0) is 25.9 Å². The van der Waals surface area contributed by atoms with Crippen molar-refractivity contribution in [1.29, 1.82) is 0 Å². The molecule has 0 bridgehead atoms. The molecule has 0 aromatic carbocycles.